The Morgan fingerprint density at radius 1 is 1.06 bits per heavy atom. The molecule has 0 amide bonds. The molecule has 8 heteroatoms. The lowest BCUT2D eigenvalue weighted by Crippen LogP contribution is -2.48. The molecule has 2 aromatic heterocycles. The van der Waals surface area contributed by atoms with E-state index in [1.165, 1.54) is 49.6 Å². The quantitative estimate of drug-likeness (QED) is 0.525. The second-order valence-corrected chi connectivity index (χ2v) is 9.93. The summed E-state index contributed by atoms with van der Waals surface area (Å²) in [7, 11) is 0. The number of piperazine rings is 1. The highest BCUT2D eigenvalue weighted by molar-refractivity contribution is 7.22. The molecule has 1 aliphatic heterocycles. The molecule has 2 fully saturated rings. The van der Waals surface area contributed by atoms with E-state index in [-0.39, 0.29) is 0 Å². The Kier molecular flexibility index (Phi) is 6.45. The zero-order valence-electron chi connectivity index (χ0n) is 18.5. The van der Waals surface area contributed by atoms with Crippen LogP contribution in [0, 0.1) is 0 Å². The van der Waals surface area contributed by atoms with Crippen molar-refractivity contribution in [2.24, 2.45) is 0 Å². The van der Waals surface area contributed by atoms with E-state index in [2.05, 4.69) is 61.2 Å². The van der Waals surface area contributed by atoms with Gasteiger partial charge in [0.1, 0.15) is 0 Å². The van der Waals surface area contributed by atoms with Crippen LogP contribution in [0.5, 0.6) is 0 Å². The normalized spacial score (nSPS) is 19.8. The Hall–Kier alpha value is -2.06. The van der Waals surface area contributed by atoms with E-state index in [1.807, 2.05) is 0 Å². The van der Waals surface area contributed by atoms with Crippen molar-refractivity contribution >= 4 is 26.7 Å². The van der Waals surface area contributed by atoms with Crippen molar-refractivity contribution in [3.63, 3.8) is 0 Å². The van der Waals surface area contributed by atoms with E-state index >= 15 is 0 Å². The molecule has 3 heterocycles. The van der Waals surface area contributed by atoms with Crippen molar-refractivity contribution in [3.8, 4) is 0 Å². The Morgan fingerprint density at radius 3 is 2.65 bits per heavy atom. The fourth-order valence-electron chi connectivity index (χ4n) is 5.10. The number of hydrogen-bond acceptors (Lipinski definition) is 7. The van der Waals surface area contributed by atoms with Gasteiger partial charge in [0.25, 0.3) is 0 Å². The van der Waals surface area contributed by atoms with Crippen LogP contribution in [0.15, 0.2) is 24.3 Å². The summed E-state index contributed by atoms with van der Waals surface area (Å²) in [6, 6.07) is 9.23. The minimum absolute atomic E-state index is 0.314. The van der Waals surface area contributed by atoms with Crippen LogP contribution in [0.25, 0.3) is 10.2 Å². The number of rotatable bonds is 7. The van der Waals surface area contributed by atoms with E-state index < -0.39 is 0 Å². The average Bonchev–Trinajstić information content (AvgIpc) is 3.48. The van der Waals surface area contributed by atoms with Crippen LogP contribution in [-0.4, -0.2) is 56.3 Å². The van der Waals surface area contributed by atoms with Gasteiger partial charge in [0, 0.05) is 26.2 Å². The van der Waals surface area contributed by atoms with Crippen LogP contribution in [0.1, 0.15) is 76.2 Å². The maximum absolute atomic E-state index is 4.87. The summed E-state index contributed by atoms with van der Waals surface area (Å²) in [5.41, 5.74) is 1.11. The maximum Gasteiger partial charge on any atom is 0.186 e. The number of thiazole rings is 1. The van der Waals surface area contributed by atoms with Crippen LogP contribution in [-0.2, 0) is 0 Å². The fourth-order valence-corrected chi connectivity index (χ4v) is 6.12. The Balaban J connectivity index is 1.31. The van der Waals surface area contributed by atoms with Crippen molar-refractivity contribution < 1.29 is 0 Å². The maximum atomic E-state index is 4.87. The van der Waals surface area contributed by atoms with Crippen molar-refractivity contribution in [2.75, 3.05) is 31.1 Å². The van der Waals surface area contributed by atoms with Crippen molar-refractivity contribution in [3.05, 3.63) is 30.1 Å². The second kappa shape index (κ2) is 9.61. The van der Waals surface area contributed by atoms with Crippen LogP contribution >= 0.6 is 11.3 Å². The molecule has 0 N–H and O–H groups in total. The molecule has 1 aromatic carbocycles. The first kappa shape index (κ1) is 20.8. The second-order valence-electron chi connectivity index (χ2n) is 8.92. The van der Waals surface area contributed by atoms with Crippen molar-refractivity contribution in [2.45, 2.75) is 70.4 Å². The van der Waals surface area contributed by atoms with Crippen molar-refractivity contribution in [1.29, 1.82) is 0 Å². The van der Waals surface area contributed by atoms with Gasteiger partial charge in [0.05, 0.1) is 22.3 Å². The number of unbranched alkanes of at least 4 members (excludes halogenated alkanes) is 1. The first-order valence-corrected chi connectivity index (χ1v) is 12.8. The first-order valence-electron chi connectivity index (χ1n) is 12.0. The van der Waals surface area contributed by atoms with Gasteiger partial charge in [-0.1, -0.05) is 62.5 Å². The molecule has 1 saturated carbocycles. The summed E-state index contributed by atoms with van der Waals surface area (Å²) in [5, 5.41) is 14.3. The van der Waals surface area contributed by atoms with E-state index in [9.17, 15) is 0 Å². The summed E-state index contributed by atoms with van der Waals surface area (Å²) in [4.78, 5) is 9.93. The van der Waals surface area contributed by atoms with Crippen LogP contribution < -0.4 is 4.90 Å². The molecule has 1 aliphatic carbocycles. The molecular weight excluding hydrogens is 406 g/mol. The lowest BCUT2D eigenvalue weighted by molar-refractivity contribution is 0.157. The number of anilines is 1. The molecule has 0 spiro atoms. The van der Waals surface area contributed by atoms with Gasteiger partial charge in [-0.25, -0.2) is 9.67 Å². The number of nitrogens with zero attached hydrogens (tertiary/aromatic N) is 7. The highest BCUT2D eigenvalue weighted by Gasteiger charge is 2.31. The molecule has 0 radical (unpaired) electrons. The molecule has 31 heavy (non-hydrogen) atoms. The minimum atomic E-state index is 0.314. The van der Waals surface area contributed by atoms with Gasteiger partial charge in [0.15, 0.2) is 11.0 Å². The van der Waals surface area contributed by atoms with E-state index in [1.54, 1.807) is 11.3 Å². The average molecular weight is 440 g/mol. The van der Waals surface area contributed by atoms with Gasteiger partial charge < -0.3 is 4.90 Å². The summed E-state index contributed by atoms with van der Waals surface area (Å²) < 4.78 is 3.45. The summed E-state index contributed by atoms with van der Waals surface area (Å²) in [6.07, 6.45) is 9.90. The third kappa shape index (κ3) is 4.46. The van der Waals surface area contributed by atoms with Gasteiger partial charge in [0.2, 0.25) is 0 Å². The molecular formula is C23H33N7S. The molecule has 166 valence electrons. The predicted molar refractivity (Wildman–Crippen MR) is 126 cm³/mol. The highest BCUT2D eigenvalue weighted by Crippen LogP contribution is 2.34. The van der Waals surface area contributed by atoms with Crippen LogP contribution in [0.2, 0.25) is 0 Å². The largest absolute Gasteiger partial charge is 0.345 e. The van der Waals surface area contributed by atoms with Gasteiger partial charge in [-0.3, -0.25) is 4.90 Å². The lowest BCUT2D eigenvalue weighted by Gasteiger charge is -2.39. The number of para-hydroxylation sites is 1. The Labute approximate surface area is 188 Å². The monoisotopic (exact) mass is 439 g/mol. The number of benzene rings is 1. The van der Waals surface area contributed by atoms with Crippen LogP contribution in [0.4, 0.5) is 5.13 Å². The minimum Gasteiger partial charge on any atom is -0.345 e. The van der Waals surface area contributed by atoms with Gasteiger partial charge >= 0.3 is 0 Å². The highest BCUT2D eigenvalue weighted by atomic mass is 32.1. The number of tetrazole rings is 1. The summed E-state index contributed by atoms with van der Waals surface area (Å²) >= 11 is 1.81. The molecule has 7 nitrogen and oxygen atoms in total. The SMILES string of the molecule is CCCCC(c1nnnn1C1CCCCC1)N1CCN(c2nc3ccccc3s2)CC1. The first-order chi connectivity index (χ1) is 15.3. The molecule has 0 bridgehead atoms. The van der Waals surface area contributed by atoms with Crippen LogP contribution in [0.3, 0.4) is 0 Å². The molecule has 5 rings (SSSR count). The topological polar surface area (TPSA) is 63.0 Å². The van der Waals surface area contributed by atoms with Gasteiger partial charge in [-0.2, -0.15) is 0 Å². The molecule has 3 aromatic rings. The Morgan fingerprint density at radius 2 is 1.87 bits per heavy atom. The van der Waals surface area contributed by atoms with Gasteiger partial charge in [-0.15, -0.1) is 5.10 Å². The number of hydrogen-bond donors (Lipinski definition) is 0. The third-order valence-electron chi connectivity index (χ3n) is 6.88. The zero-order valence-corrected chi connectivity index (χ0v) is 19.3. The molecule has 2 aliphatic rings. The molecule has 1 atom stereocenters. The number of aromatic nitrogens is 5. The van der Waals surface area contributed by atoms with E-state index in [0.717, 1.165) is 49.1 Å². The zero-order chi connectivity index (χ0) is 21.0. The van der Waals surface area contributed by atoms with E-state index in [0.29, 0.717) is 12.1 Å². The molecule has 1 saturated heterocycles. The van der Waals surface area contributed by atoms with E-state index in [4.69, 9.17) is 4.98 Å². The van der Waals surface area contributed by atoms with Gasteiger partial charge in [-0.05, 0) is 41.8 Å². The standard InChI is InChI=1S/C23H33N7S/c1-2-3-12-20(22-25-26-27-30(22)18-9-5-4-6-10-18)28-14-16-29(17-15-28)23-24-19-11-7-8-13-21(19)31-23/h7-8,11,13,18,20H,2-6,9-10,12,14-17H2,1H3. The predicted octanol–water partition coefficient (Wildman–Crippen LogP) is 4.84. The molecule has 1 unspecified atom stereocenters. The smallest absolute Gasteiger partial charge is 0.186 e. The third-order valence-corrected chi connectivity index (χ3v) is 7.97. The summed E-state index contributed by atoms with van der Waals surface area (Å²) in [6.45, 7) is 6.34. The fraction of sp³-hybridized carbons (Fsp3) is 0.652. The summed E-state index contributed by atoms with van der Waals surface area (Å²) in [5.74, 6) is 1.09. The lowest BCUT2D eigenvalue weighted by atomic mass is 9.95. The van der Waals surface area contributed by atoms with Crippen molar-refractivity contribution in [1.82, 2.24) is 30.1 Å². The number of fused-ring (bicyclic) bond motifs is 1. The Bertz CT molecular complexity index is 936.